The van der Waals surface area contributed by atoms with Crippen LogP contribution in [0.2, 0.25) is 0 Å². The molecule has 0 aromatic rings. The molecule has 3 nitrogen and oxygen atoms in total. The fourth-order valence-electron chi connectivity index (χ4n) is 0. The predicted molar refractivity (Wildman–Crippen MR) is 38.6 cm³/mol. The quantitative estimate of drug-likeness (QED) is 0.379. The summed E-state index contributed by atoms with van der Waals surface area (Å²) in [5.74, 6) is 0. The van der Waals surface area contributed by atoms with Crippen LogP contribution in [0.25, 0.3) is 0 Å². The second-order valence-corrected chi connectivity index (χ2v) is 4.60. The molecule has 0 heterocycles. The van der Waals surface area contributed by atoms with Gasteiger partial charge in [-0.1, -0.05) is 6.92 Å². The SMILES string of the molecule is CCN.CS(=O)(=O)S. The highest BCUT2D eigenvalue weighted by atomic mass is 33.1. The Morgan fingerprint density at radius 3 is 1.62 bits per heavy atom. The van der Waals surface area contributed by atoms with E-state index in [4.69, 9.17) is 5.73 Å². The van der Waals surface area contributed by atoms with Crippen LogP contribution < -0.4 is 5.73 Å². The van der Waals surface area contributed by atoms with Gasteiger partial charge < -0.3 is 5.73 Å². The van der Waals surface area contributed by atoms with E-state index in [1.807, 2.05) is 6.92 Å². The van der Waals surface area contributed by atoms with Gasteiger partial charge in [-0.25, -0.2) is 8.42 Å². The van der Waals surface area contributed by atoms with Crippen molar-refractivity contribution in [3.63, 3.8) is 0 Å². The van der Waals surface area contributed by atoms with Crippen molar-refractivity contribution in [3.8, 4) is 0 Å². The molecule has 0 rings (SSSR count). The third-order valence-corrected chi connectivity index (χ3v) is 0. The standard InChI is InChI=1S/C2H7N.CH4O2S2/c1-2-3;1-5(2,3)4/h2-3H2,1H3;1H3,(H,2,3,4). The molecular formula is C3H11NO2S2. The smallest absolute Gasteiger partial charge is 0.195 e. The fourth-order valence-corrected chi connectivity index (χ4v) is 0. The fraction of sp³-hybridized carbons (Fsp3) is 1.00. The maximum Gasteiger partial charge on any atom is 0.195 e. The van der Waals surface area contributed by atoms with Gasteiger partial charge in [-0.15, -0.1) is 0 Å². The largest absolute Gasteiger partial charge is 0.331 e. The summed E-state index contributed by atoms with van der Waals surface area (Å²) in [6.45, 7) is 2.65. The van der Waals surface area contributed by atoms with Gasteiger partial charge in [0, 0.05) is 6.26 Å². The van der Waals surface area contributed by atoms with Crippen LogP contribution in [0.5, 0.6) is 0 Å². The second-order valence-electron chi connectivity index (χ2n) is 1.14. The summed E-state index contributed by atoms with van der Waals surface area (Å²) in [4.78, 5) is 0. The van der Waals surface area contributed by atoms with Gasteiger partial charge in [0.15, 0.2) is 8.87 Å². The predicted octanol–water partition coefficient (Wildman–Crippen LogP) is -0.159. The zero-order chi connectivity index (χ0) is 7.21. The monoisotopic (exact) mass is 157 g/mol. The number of hydrogen-bond donors (Lipinski definition) is 2. The third-order valence-electron chi connectivity index (χ3n) is 0. The molecule has 0 unspecified atom stereocenters. The normalized spacial score (nSPS) is 9.50. The van der Waals surface area contributed by atoms with Crippen molar-refractivity contribution in [3.05, 3.63) is 0 Å². The molecule has 0 spiro atoms. The summed E-state index contributed by atoms with van der Waals surface area (Å²) in [7, 11) is -2.97. The minimum Gasteiger partial charge on any atom is -0.331 e. The van der Waals surface area contributed by atoms with E-state index in [1.165, 1.54) is 0 Å². The van der Waals surface area contributed by atoms with E-state index in [-0.39, 0.29) is 0 Å². The Hall–Kier alpha value is 0.260. The third kappa shape index (κ3) is 2560. The molecule has 52 valence electrons. The molecule has 0 radical (unpaired) electrons. The molecule has 0 saturated carbocycles. The Bertz CT molecular complexity index is 109. The van der Waals surface area contributed by atoms with E-state index in [9.17, 15) is 8.42 Å². The van der Waals surface area contributed by atoms with Crippen LogP contribution in [0, 0.1) is 0 Å². The lowest BCUT2D eigenvalue weighted by molar-refractivity contribution is 0.616. The zero-order valence-electron chi connectivity index (χ0n) is 4.96. The Kier molecular flexibility index (Phi) is 7.50. The summed E-state index contributed by atoms with van der Waals surface area (Å²) < 4.78 is 19.0. The average Bonchev–Trinajstić information content (AvgIpc) is 1.27. The van der Waals surface area contributed by atoms with E-state index in [2.05, 4.69) is 11.7 Å². The van der Waals surface area contributed by atoms with E-state index in [0.29, 0.717) is 0 Å². The Labute approximate surface area is 55.0 Å². The van der Waals surface area contributed by atoms with E-state index in [0.717, 1.165) is 12.8 Å². The minimum absolute atomic E-state index is 0.750. The molecule has 0 atom stereocenters. The minimum atomic E-state index is -2.97. The molecule has 0 aliphatic carbocycles. The molecule has 0 saturated heterocycles. The highest BCUT2D eigenvalue weighted by molar-refractivity contribution is 8.63. The van der Waals surface area contributed by atoms with Crippen molar-refractivity contribution < 1.29 is 8.42 Å². The second kappa shape index (κ2) is 5.40. The van der Waals surface area contributed by atoms with Crippen LogP contribution in [-0.4, -0.2) is 21.2 Å². The topological polar surface area (TPSA) is 60.2 Å². The molecule has 0 aromatic carbocycles. The van der Waals surface area contributed by atoms with E-state index < -0.39 is 8.87 Å². The van der Waals surface area contributed by atoms with Gasteiger partial charge in [0.25, 0.3) is 0 Å². The van der Waals surface area contributed by atoms with Gasteiger partial charge in [-0.3, -0.25) is 0 Å². The van der Waals surface area contributed by atoms with Gasteiger partial charge in [0.05, 0.1) is 0 Å². The number of rotatable bonds is 0. The lowest BCUT2D eigenvalue weighted by atomic mass is 10.8. The molecule has 5 heteroatoms. The van der Waals surface area contributed by atoms with Crippen LogP contribution in [0.1, 0.15) is 6.92 Å². The Balaban J connectivity index is 0. The van der Waals surface area contributed by atoms with Crippen LogP contribution in [-0.2, 0) is 8.87 Å². The molecule has 2 N–H and O–H groups in total. The molecule has 0 aromatic heterocycles. The van der Waals surface area contributed by atoms with Crippen LogP contribution in [0.4, 0.5) is 0 Å². The Morgan fingerprint density at radius 2 is 1.62 bits per heavy atom. The van der Waals surface area contributed by atoms with Crippen molar-refractivity contribution >= 4 is 20.5 Å². The van der Waals surface area contributed by atoms with Crippen LogP contribution in [0.15, 0.2) is 0 Å². The van der Waals surface area contributed by atoms with Crippen molar-refractivity contribution in [1.29, 1.82) is 0 Å². The summed E-state index contributed by atoms with van der Waals surface area (Å²) in [6, 6.07) is 0. The average molecular weight is 157 g/mol. The highest BCUT2D eigenvalue weighted by Crippen LogP contribution is 1.82. The van der Waals surface area contributed by atoms with Gasteiger partial charge in [-0.05, 0) is 18.2 Å². The molecule has 0 fully saturated rings. The zero-order valence-corrected chi connectivity index (χ0v) is 6.67. The lowest BCUT2D eigenvalue weighted by Crippen LogP contribution is -1.87. The van der Waals surface area contributed by atoms with E-state index in [1.54, 1.807) is 0 Å². The number of thiol groups is 1. The summed E-state index contributed by atoms with van der Waals surface area (Å²) in [5.41, 5.74) is 4.85. The summed E-state index contributed by atoms with van der Waals surface area (Å²) in [6.07, 6.45) is 1.02. The van der Waals surface area contributed by atoms with E-state index >= 15 is 0 Å². The molecule has 0 bridgehead atoms. The highest BCUT2D eigenvalue weighted by Gasteiger charge is 1.80. The first-order valence-electron chi connectivity index (χ1n) is 2.04. The first-order valence-corrected chi connectivity index (χ1v) is 4.98. The molecule has 8 heavy (non-hydrogen) atoms. The summed E-state index contributed by atoms with van der Waals surface area (Å²) in [5, 5.41) is 0. The lowest BCUT2D eigenvalue weighted by Gasteiger charge is -1.68. The van der Waals surface area contributed by atoms with Gasteiger partial charge in [-0.2, -0.15) is 0 Å². The van der Waals surface area contributed by atoms with Gasteiger partial charge in [0.2, 0.25) is 0 Å². The Morgan fingerprint density at radius 1 is 1.62 bits per heavy atom. The van der Waals surface area contributed by atoms with Crippen molar-refractivity contribution in [1.82, 2.24) is 0 Å². The van der Waals surface area contributed by atoms with Crippen molar-refractivity contribution in [2.75, 3.05) is 12.8 Å². The summed E-state index contributed by atoms with van der Waals surface area (Å²) >= 11 is 3.09. The first-order chi connectivity index (χ1) is 3.41. The van der Waals surface area contributed by atoms with Gasteiger partial charge >= 0.3 is 0 Å². The first kappa shape index (κ1) is 11.1. The van der Waals surface area contributed by atoms with Crippen LogP contribution in [0.3, 0.4) is 0 Å². The molecule has 0 aliphatic rings. The van der Waals surface area contributed by atoms with Gasteiger partial charge in [0.1, 0.15) is 0 Å². The molecular weight excluding hydrogens is 146 g/mol. The molecule has 0 amide bonds. The number of hydrogen-bond acceptors (Lipinski definition) is 3. The van der Waals surface area contributed by atoms with Crippen molar-refractivity contribution in [2.45, 2.75) is 6.92 Å². The van der Waals surface area contributed by atoms with Crippen LogP contribution >= 0.6 is 11.7 Å². The maximum atomic E-state index is 9.50. The van der Waals surface area contributed by atoms with Crippen molar-refractivity contribution in [2.24, 2.45) is 5.73 Å². The molecule has 0 aliphatic heterocycles. The maximum absolute atomic E-state index is 9.50. The number of nitrogens with two attached hydrogens (primary N) is 1.